The average Bonchev–Trinajstić information content (AvgIpc) is 3.13. The maximum absolute atomic E-state index is 13.1. The summed E-state index contributed by atoms with van der Waals surface area (Å²) in [6.07, 6.45) is -1.09. The second-order valence-electron chi connectivity index (χ2n) is 12.1. The van der Waals surface area contributed by atoms with Gasteiger partial charge in [-0.3, -0.25) is 19.2 Å². The van der Waals surface area contributed by atoms with Crippen LogP contribution in [0, 0.1) is 0 Å². The SMILES string of the molecule is C=CCn1c(=O)n(CC(C)O)c(=O)n(CC(O)COC(=O)CCCC(=O)Nc2ccc(S(=O)(=O)c3ccc(NC(=O)CCCC(=O)OC)cc3)cc2)c1=O. The van der Waals surface area contributed by atoms with Gasteiger partial charge in [-0.05, 0) is 68.3 Å². The summed E-state index contributed by atoms with van der Waals surface area (Å²) in [5.74, 6) is -2.00. The standard InChI is InChI=1S/C35H43N5O13S/c1-4-19-38-33(47)39(20-23(2)41)35(49)40(34(38)48)21-26(42)22-53-32(46)10-6-8-30(44)37-25-13-17-28(18-14-25)54(50,51)27-15-11-24(12-16-27)36-29(43)7-5-9-31(45)52-3/h4,11-18,23,26,41-42H,1,5-10,19-22H2,2-3H3,(H,36,43)(H,37,44). The van der Waals surface area contributed by atoms with Crippen LogP contribution in [0.15, 0.2) is 85.4 Å². The van der Waals surface area contributed by atoms with E-state index >= 15 is 0 Å². The molecule has 0 radical (unpaired) electrons. The molecule has 3 rings (SSSR count). The first-order chi connectivity index (χ1) is 25.6. The number of amides is 2. The molecular weight excluding hydrogens is 730 g/mol. The summed E-state index contributed by atoms with van der Waals surface area (Å²) in [6, 6.07) is 11.0. The van der Waals surface area contributed by atoms with E-state index in [1.807, 2.05) is 0 Å². The Labute approximate surface area is 309 Å². The summed E-state index contributed by atoms with van der Waals surface area (Å²) >= 11 is 0. The quantitative estimate of drug-likeness (QED) is 0.0907. The van der Waals surface area contributed by atoms with E-state index in [0.29, 0.717) is 31.5 Å². The molecule has 0 fully saturated rings. The number of hydrogen-bond acceptors (Lipinski definition) is 13. The fourth-order valence-corrected chi connectivity index (χ4v) is 6.24. The van der Waals surface area contributed by atoms with Crippen molar-refractivity contribution in [3.05, 3.63) is 92.6 Å². The van der Waals surface area contributed by atoms with E-state index in [1.54, 1.807) is 0 Å². The number of aliphatic hydroxyl groups excluding tert-OH is 2. The number of anilines is 2. The zero-order valence-corrected chi connectivity index (χ0v) is 30.6. The molecule has 0 aliphatic carbocycles. The number of aromatic nitrogens is 3. The Balaban J connectivity index is 1.46. The Kier molecular flexibility index (Phi) is 15.8. The van der Waals surface area contributed by atoms with Gasteiger partial charge < -0.3 is 30.3 Å². The number of ether oxygens (including phenoxy) is 2. The fraction of sp³-hybridized carbons (Fsp3) is 0.400. The number of nitrogens with zero attached hydrogens (tertiary/aromatic N) is 3. The van der Waals surface area contributed by atoms with Gasteiger partial charge in [0.1, 0.15) is 12.7 Å². The summed E-state index contributed by atoms with van der Waals surface area (Å²) in [7, 11) is -2.67. The van der Waals surface area contributed by atoms with Gasteiger partial charge in [0, 0.05) is 37.1 Å². The monoisotopic (exact) mass is 773 g/mol. The van der Waals surface area contributed by atoms with E-state index < -0.39 is 76.7 Å². The molecule has 1 heterocycles. The van der Waals surface area contributed by atoms with Gasteiger partial charge in [-0.2, -0.15) is 0 Å². The van der Waals surface area contributed by atoms with Gasteiger partial charge in [-0.1, -0.05) is 6.08 Å². The van der Waals surface area contributed by atoms with Crippen LogP contribution in [0.2, 0.25) is 0 Å². The van der Waals surface area contributed by atoms with Crippen molar-refractivity contribution in [3.8, 4) is 0 Å². The molecule has 2 aromatic carbocycles. The second-order valence-corrected chi connectivity index (χ2v) is 14.0. The maximum Gasteiger partial charge on any atom is 0.336 e. The predicted octanol–water partition coefficient (Wildman–Crippen LogP) is 0.566. The number of allylic oxidation sites excluding steroid dienone is 1. The average molecular weight is 774 g/mol. The zero-order chi connectivity index (χ0) is 40.0. The fourth-order valence-electron chi connectivity index (χ4n) is 4.98. The van der Waals surface area contributed by atoms with Crippen molar-refractivity contribution in [3.63, 3.8) is 0 Å². The molecule has 2 unspecified atom stereocenters. The van der Waals surface area contributed by atoms with Crippen molar-refractivity contribution in [2.24, 2.45) is 0 Å². The number of methoxy groups -OCH3 is 1. The first kappa shape index (κ1) is 42.8. The molecule has 54 heavy (non-hydrogen) atoms. The largest absolute Gasteiger partial charge is 0.469 e. The topological polar surface area (TPSA) is 251 Å². The van der Waals surface area contributed by atoms with E-state index in [-0.39, 0.29) is 54.3 Å². The summed E-state index contributed by atoms with van der Waals surface area (Å²) in [5.41, 5.74) is -2.34. The minimum atomic E-state index is -3.93. The highest BCUT2D eigenvalue weighted by Gasteiger charge is 2.20. The molecule has 2 amide bonds. The molecule has 0 saturated carbocycles. The Morgan fingerprint density at radius 1 is 0.741 bits per heavy atom. The van der Waals surface area contributed by atoms with Crippen LogP contribution in [0.1, 0.15) is 45.4 Å². The van der Waals surface area contributed by atoms with Crippen molar-refractivity contribution in [2.45, 2.75) is 87.1 Å². The van der Waals surface area contributed by atoms with Crippen LogP contribution < -0.4 is 27.7 Å². The van der Waals surface area contributed by atoms with Crippen LogP contribution in [-0.2, 0) is 58.1 Å². The maximum atomic E-state index is 13.1. The number of benzene rings is 2. The Hall–Kier alpha value is -5.66. The molecule has 0 aliphatic heterocycles. The lowest BCUT2D eigenvalue weighted by molar-refractivity contribution is -0.147. The molecule has 19 heteroatoms. The van der Waals surface area contributed by atoms with Gasteiger partial charge in [0.05, 0.1) is 42.6 Å². The van der Waals surface area contributed by atoms with Crippen LogP contribution in [0.3, 0.4) is 0 Å². The smallest absolute Gasteiger partial charge is 0.336 e. The third-order valence-electron chi connectivity index (χ3n) is 7.67. The van der Waals surface area contributed by atoms with E-state index in [2.05, 4.69) is 21.9 Å². The van der Waals surface area contributed by atoms with Crippen LogP contribution in [0.25, 0.3) is 0 Å². The first-order valence-corrected chi connectivity index (χ1v) is 18.2. The number of carbonyl (C=O) groups is 4. The van der Waals surface area contributed by atoms with Crippen molar-refractivity contribution < 1.29 is 47.3 Å². The second kappa shape index (κ2) is 20.0. The molecule has 0 bridgehead atoms. The first-order valence-electron chi connectivity index (χ1n) is 16.8. The van der Waals surface area contributed by atoms with Gasteiger partial charge in [0.25, 0.3) is 0 Å². The van der Waals surface area contributed by atoms with Crippen LogP contribution in [-0.4, -0.2) is 82.0 Å². The zero-order valence-electron chi connectivity index (χ0n) is 29.8. The van der Waals surface area contributed by atoms with E-state index in [1.165, 1.54) is 68.6 Å². The van der Waals surface area contributed by atoms with Crippen molar-refractivity contribution >= 4 is 45.0 Å². The number of aliphatic hydroxyl groups is 2. The van der Waals surface area contributed by atoms with E-state index in [9.17, 15) is 52.2 Å². The lowest BCUT2D eigenvalue weighted by Crippen LogP contribution is -2.56. The number of esters is 2. The van der Waals surface area contributed by atoms with Gasteiger partial charge in [0.15, 0.2) is 0 Å². The minimum Gasteiger partial charge on any atom is -0.469 e. The molecule has 2 atom stereocenters. The molecular formula is C35H43N5O13S. The van der Waals surface area contributed by atoms with Gasteiger partial charge in [-0.25, -0.2) is 36.5 Å². The summed E-state index contributed by atoms with van der Waals surface area (Å²) in [4.78, 5) is 86.0. The van der Waals surface area contributed by atoms with Crippen LogP contribution in [0.4, 0.5) is 11.4 Å². The lowest BCUT2D eigenvalue weighted by Gasteiger charge is -2.16. The molecule has 0 aliphatic rings. The number of carbonyl (C=O) groups excluding carboxylic acids is 4. The van der Waals surface area contributed by atoms with Crippen LogP contribution in [0.5, 0.6) is 0 Å². The highest BCUT2D eigenvalue weighted by Crippen LogP contribution is 2.24. The van der Waals surface area contributed by atoms with Gasteiger partial charge in [-0.15, -0.1) is 6.58 Å². The third kappa shape index (κ3) is 12.2. The van der Waals surface area contributed by atoms with E-state index in [4.69, 9.17) is 4.74 Å². The van der Waals surface area contributed by atoms with Crippen molar-refractivity contribution in [1.29, 1.82) is 0 Å². The van der Waals surface area contributed by atoms with Crippen LogP contribution >= 0.6 is 0 Å². The molecule has 292 valence electrons. The highest BCUT2D eigenvalue weighted by molar-refractivity contribution is 7.91. The Bertz CT molecular complexity index is 2100. The van der Waals surface area contributed by atoms with Crippen molar-refractivity contribution in [1.82, 2.24) is 13.7 Å². The molecule has 18 nitrogen and oxygen atoms in total. The summed E-state index contributed by atoms with van der Waals surface area (Å²) in [5, 5.41) is 25.3. The molecule has 0 spiro atoms. The molecule has 4 N–H and O–H groups in total. The number of nitrogens with one attached hydrogen (secondary N) is 2. The van der Waals surface area contributed by atoms with Crippen molar-refractivity contribution in [2.75, 3.05) is 24.4 Å². The predicted molar refractivity (Wildman–Crippen MR) is 193 cm³/mol. The summed E-state index contributed by atoms with van der Waals surface area (Å²) in [6.45, 7) is 2.99. The summed E-state index contributed by atoms with van der Waals surface area (Å²) < 4.78 is 37.8. The van der Waals surface area contributed by atoms with Gasteiger partial charge in [0.2, 0.25) is 21.7 Å². The third-order valence-corrected chi connectivity index (χ3v) is 9.45. The number of hydrogen-bond donors (Lipinski definition) is 4. The lowest BCUT2D eigenvalue weighted by atomic mass is 10.2. The minimum absolute atomic E-state index is 0.0261. The molecule has 3 aromatic rings. The molecule has 0 saturated heterocycles. The number of rotatable bonds is 20. The normalized spacial score (nSPS) is 12.3. The highest BCUT2D eigenvalue weighted by atomic mass is 32.2. The molecule has 1 aromatic heterocycles. The van der Waals surface area contributed by atoms with Gasteiger partial charge >= 0.3 is 29.0 Å². The Morgan fingerprint density at radius 3 is 1.63 bits per heavy atom. The van der Waals surface area contributed by atoms with E-state index in [0.717, 1.165) is 0 Å². The Morgan fingerprint density at radius 2 is 1.19 bits per heavy atom. The number of sulfone groups is 1.